The predicted molar refractivity (Wildman–Crippen MR) is 64.9 cm³/mol. The molecule has 0 aliphatic carbocycles. The van der Waals surface area contributed by atoms with Crippen molar-refractivity contribution < 1.29 is 8.85 Å². The van der Waals surface area contributed by atoms with Crippen LogP contribution in [-0.4, -0.2) is 41.6 Å². The highest BCUT2D eigenvalue weighted by molar-refractivity contribution is 6.44. The fourth-order valence-electron chi connectivity index (χ4n) is 1.12. The van der Waals surface area contributed by atoms with Crippen LogP contribution in [0.5, 0.6) is 0 Å². The maximum absolute atomic E-state index is 5.82. The molecule has 0 aromatic rings. The SMILES string of the molecule is CO[Si](CCCNCCN)OC(C)(C)C. The van der Waals surface area contributed by atoms with E-state index in [9.17, 15) is 0 Å². The van der Waals surface area contributed by atoms with E-state index in [1.807, 2.05) is 0 Å². The number of rotatable bonds is 8. The molecular formula is C10H25N2O2Si. The van der Waals surface area contributed by atoms with E-state index in [2.05, 4.69) is 26.1 Å². The van der Waals surface area contributed by atoms with Gasteiger partial charge in [-0.05, 0) is 39.8 Å². The lowest BCUT2D eigenvalue weighted by atomic mass is 10.2. The van der Waals surface area contributed by atoms with Gasteiger partial charge in [-0.3, -0.25) is 0 Å². The van der Waals surface area contributed by atoms with Crippen LogP contribution >= 0.6 is 0 Å². The molecule has 91 valence electrons. The van der Waals surface area contributed by atoms with Crippen LogP contribution < -0.4 is 11.1 Å². The predicted octanol–water partition coefficient (Wildman–Crippen LogP) is 0.874. The van der Waals surface area contributed by atoms with Crippen LogP contribution in [0.4, 0.5) is 0 Å². The Balaban J connectivity index is 3.53. The minimum Gasteiger partial charge on any atom is -0.397 e. The average molecular weight is 233 g/mol. The van der Waals surface area contributed by atoms with Crippen LogP contribution in [0.15, 0.2) is 0 Å². The first kappa shape index (κ1) is 15.1. The molecule has 0 saturated carbocycles. The molecule has 0 saturated heterocycles. The van der Waals surface area contributed by atoms with Crippen LogP contribution in [0.3, 0.4) is 0 Å². The van der Waals surface area contributed by atoms with Gasteiger partial charge in [0.05, 0.1) is 0 Å². The Bertz CT molecular complexity index is 151. The Morgan fingerprint density at radius 3 is 2.40 bits per heavy atom. The third-order valence-corrected chi connectivity index (χ3v) is 3.76. The molecule has 0 amide bonds. The van der Waals surface area contributed by atoms with Crippen molar-refractivity contribution >= 4 is 9.28 Å². The third-order valence-electron chi connectivity index (χ3n) is 1.70. The fraction of sp³-hybridized carbons (Fsp3) is 1.00. The first-order valence-corrected chi connectivity index (χ1v) is 7.01. The Hall–Kier alpha value is 0.0569. The van der Waals surface area contributed by atoms with Crippen LogP contribution in [0.25, 0.3) is 0 Å². The topological polar surface area (TPSA) is 56.5 Å². The van der Waals surface area contributed by atoms with Gasteiger partial charge in [-0.1, -0.05) is 0 Å². The summed E-state index contributed by atoms with van der Waals surface area (Å²) in [7, 11) is 0.630. The van der Waals surface area contributed by atoms with Crippen molar-refractivity contribution in [1.82, 2.24) is 5.32 Å². The number of hydrogen-bond donors (Lipinski definition) is 2. The average Bonchev–Trinajstić information content (AvgIpc) is 2.14. The third kappa shape index (κ3) is 10.3. The summed E-state index contributed by atoms with van der Waals surface area (Å²) in [6, 6.07) is 1.01. The van der Waals surface area contributed by atoms with Crippen molar-refractivity contribution in [3.8, 4) is 0 Å². The summed E-state index contributed by atoms with van der Waals surface area (Å²) in [5, 5.41) is 3.26. The normalized spacial score (nSPS) is 12.4. The molecule has 0 bridgehead atoms. The van der Waals surface area contributed by atoms with Crippen LogP contribution in [0.2, 0.25) is 6.04 Å². The van der Waals surface area contributed by atoms with Gasteiger partial charge in [0, 0.05) is 25.8 Å². The Kier molecular flexibility index (Phi) is 8.27. The molecule has 15 heavy (non-hydrogen) atoms. The summed E-state index contributed by atoms with van der Waals surface area (Å²) in [6.45, 7) is 8.74. The van der Waals surface area contributed by atoms with Gasteiger partial charge >= 0.3 is 9.28 Å². The summed E-state index contributed by atoms with van der Waals surface area (Å²) < 4.78 is 11.2. The second-order valence-electron chi connectivity index (χ2n) is 4.43. The zero-order valence-corrected chi connectivity index (χ0v) is 11.4. The van der Waals surface area contributed by atoms with Crippen molar-refractivity contribution in [2.75, 3.05) is 26.7 Å². The number of nitrogens with one attached hydrogen (secondary N) is 1. The summed E-state index contributed by atoms with van der Waals surface area (Å²) >= 11 is 0. The zero-order valence-electron chi connectivity index (χ0n) is 10.4. The second-order valence-corrected chi connectivity index (χ2v) is 6.29. The van der Waals surface area contributed by atoms with Gasteiger partial charge in [0.1, 0.15) is 0 Å². The van der Waals surface area contributed by atoms with E-state index >= 15 is 0 Å². The number of hydrogen-bond acceptors (Lipinski definition) is 4. The van der Waals surface area contributed by atoms with E-state index in [4.69, 9.17) is 14.6 Å². The highest BCUT2D eigenvalue weighted by Gasteiger charge is 2.21. The zero-order chi connectivity index (χ0) is 11.7. The summed E-state index contributed by atoms with van der Waals surface area (Å²) in [4.78, 5) is 0. The van der Waals surface area contributed by atoms with Crippen LogP contribution in [0.1, 0.15) is 27.2 Å². The smallest absolute Gasteiger partial charge is 0.384 e. The van der Waals surface area contributed by atoms with Gasteiger partial charge in [-0.15, -0.1) is 0 Å². The standard InChI is InChI=1S/C10H25N2O2Si/c1-10(2,3)14-15(13-4)9-5-7-12-8-6-11/h12H,5-9,11H2,1-4H3. The van der Waals surface area contributed by atoms with Crippen molar-refractivity contribution in [2.24, 2.45) is 5.73 Å². The van der Waals surface area contributed by atoms with Crippen molar-refractivity contribution in [3.05, 3.63) is 0 Å². The molecule has 3 N–H and O–H groups in total. The van der Waals surface area contributed by atoms with Crippen molar-refractivity contribution in [2.45, 2.75) is 38.8 Å². The summed E-state index contributed by atoms with van der Waals surface area (Å²) in [6.07, 6.45) is 1.08. The fourth-order valence-corrected chi connectivity index (χ4v) is 2.66. The molecule has 4 nitrogen and oxygen atoms in total. The van der Waals surface area contributed by atoms with E-state index in [1.54, 1.807) is 7.11 Å². The van der Waals surface area contributed by atoms with Gasteiger partial charge in [-0.2, -0.15) is 0 Å². The molecule has 0 atom stereocenters. The lowest BCUT2D eigenvalue weighted by molar-refractivity contribution is 0.0913. The maximum atomic E-state index is 5.82. The molecule has 0 unspecified atom stereocenters. The van der Waals surface area contributed by atoms with Crippen LogP contribution in [-0.2, 0) is 8.85 Å². The molecule has 0 spiro atoms. The molecule has 0 aromatic heterocycles. The lowest BCUT2D eigenvalue weighted by Gasteiger charge is -2.24. The van der Waals surface area contributed by atoms with Gasteiger partial charge in [0.15, 0.2) is 0 Å². The molecule has 0 aromatic carbocycles. The van der Waals surface area contributed by atoms with Crippen molar-refractivity contribution in [1.29, 1.82) is 0 Å². The number of nitrogens with two attached hydrogens (primary N) is 1. The Morgan fingerprint density at radius 1 is 1.27 bits per heavy atom. The van der Waals surface area contributed by atoms with E-state index in [0.29, 0.717) is 6.54 Å². The Labute approximate surface area is 95.4 Å². The van der Waals surface area contributed by atoms with Gasteiger partial charge in [0.2, 0.25) is 0 Å². The molecule has 0 aliphatic heterocycles. The Morgan fingerprint density at radius 2 is 1.93 bits per heavy atom. The maximum Gasteiger partial charge on any atom is 0.384 e. The first-order chi connectivity index (χ1) is 6.99. The minimum absolute atomic E-state index is 0.102. The molecule has 0 heterocycles. The highest BCUT2D eigenvalue weighted by Crippen LogP contribution is 2.12. The lowest BCUT2D eigenvalue weighted by Crippen LogP contribution is -2.33. The second kappa shape index (κ2) is 8.24. The van der Waals surface area contributed by atoms with Gasteiger partial charge < -0.3 is 19.9 Å². The summed E-state index contributed by atoms with van der Waals surface area (Å²) in [5.41, 5.74) is 5.27. The van der Waals surface area contributed by atoms with Crippen molar-refractivity contribution in [3.63, 3.8) is 0 Å². The van der Waals surface area contributed by atoms with E-state index in [1.165, 1.54) is 0 Å². The monoisotopic (exact) mass is 233 g/mol. The minimum atomic E-state index is -1.10. The molecule has 0 fully saturated rings. The first-order valence-electron chi connectivity index (χ1n) is 5.49. The van der Waals surface area contributed by atoms with Gasteiger partial charge in [0.25, 0.3) is 0 Å². The summed E-state index contributed by atoms with van der Waals surface area (Å²) in [5.74, 6) is 0. The largest absolute Gasteiger partial charge is 0.397 e. The quantitative estimate of drug-likeness (QED) is 0.482. The molecule has 0 rings (SSSR count). The highest BCUT2D eigenvalue weighted by atomic mass is 28.3. The van der Waals surface area contributed by atoms with E-state index in [-0.39, 0.29) is 5.60 Å². The molecule has 5 heteroatoms. The molecule has 0 aliphatic rings. The van der Waals surface area contributed by atoms with E-state index < -0.39 is 9.28 Å². The molecular weight excluding hydrogens is 208 g/mol. The van der Waals surface area contributed by atoms with Gasteiger partial charge in [-0.25, -0.2) is 0 Å². The van der Waals surface area contributed by atoms with E-state index in [0.717, 1.165) is 25.6 Å². The molecule has 1 radical (unpaired) electrons. The van der Waals surface area contributed by atoms with Crippen LogP contribution in [0, 0.1) is 0 Å².